The van der Waals surface area contributed by atoms with E-state index in [4.69, 9.17) is 14.5 Å². The van der Waals surface area contributed by atoms with Crippen LogP contribution in [-0.4, -0.2) is 57.6 Å². The molecule has 5 aromatic rings. The highest BCUT2D eigenvalue weighted by Gasteiger charge is 2.46. The second kappa shape index (κ2) is 10.9. The molecule has 3 atom stereocenters. The number of ether oxygens (including phenoxy) is 2. The third-order valence-electron chi connectivity index (χ3n) is 11.6. The molecule has 0 spiro atoms. The molecule has 2 aliphatic heterocycles. The number of anilines is 1. The van der Waals surface area contributed by atoms with E-state index in [2.05, 4.69) is 56.6 Å². The molecule has 9 heteroatoms. The number of aryl methyl sites for hydroxylation is 2. The van der Waals surface area contributed by atoms with E-state index in [0.29, 0.717) is 48.0 Å². The fraction of sp³-hybridized carbons (Fsp3) is 0.410. The van der Waals surface area contributed by atoms with Crippen molar-refractivity contribution in [3.05, 3.63) is 59.7 Å². The number of imidazole rings is 1. The highest BCUT2D eigenvalue weighted by molar-refractivity contribution is 6.01. The fourth-order valence-electron chi connectivity index (χ4n) is 8.69. The molecule has 2 unspecified atom stereocenters. The van der Waals surface area contributed by atoms with Gasteiger partial charge in [-0.25, -0.2) is 4.98 Å². The van der Waals surface area contributed by atoms with Crippen molar-refractivity contribution < 1.29 is 19.1 Å². The maximum atomic E-state index is 13.8. The van der Waals surface area contributed by atoms with Gasteiger partial charge in [0.25, 0.3) is 5.91 Å². The fourth-order valence-corrected chi connectivity index (χ4v) is 8.69. The molecule has 2 bridgehead atoms. The molecular weight excluding hydrogens is 602 g/mol. The minimum Gasteiger partial charge on any atom is -0.496 e. The van der Waals surface area contributed by atoms with Crippen molar-refractivity contribution >= 4 is 39.4 Å². The van der Waals surface area contributed by atoms with Gasteiger partial charge in [-0.05, 0) is 91.3 Å². The molecule has 3 aromatic carbocycles. The van der Waals surface area contributed by atoms with Crippen molar-refractivity contribution in [1.29, 1.82) is 0 Å². The number of methoxy groups -OCH3 is 2. The maximum Gasteiger partial charge on any atom is 0.254 e. The minimum atomic E-state index is 0.0413. The molecular formula is C39H41N5O4. The number of nitrogens with zero attached hydrogens (tertiary/aromatic N) is 4. The van der Waals surface area contributed by atoms with Crippen LogP contribution in [0.4, 0.5) is 5.69 Å². The summed E-state index contributed by atoms with van der Waals surface area (Å²) in [6, 6.07) is 17.1. The van der Waals surface area contributed by atoms with E-state index in [0.717, 1.165) is 81.1 Å². The Hall–Kier alpha value is -4.79. The van der Waals surface area contributed by atoms with Crippen LogP contribution in [-0.2, 0) is 24.8 Å². The number of benzene rings is 3. The van der Waals surface area contributed by atoms with Crippen molar-refractivity contribution in [2.24, 2.45) is 24.8 Å². The molecule has 9 nitrogen and oxygen atoms in total. The normalized spacial score (nSPS) is 21.6. The van der Waals surface area contributed by atoms with Crippen LogP contribution in [0.25, 0.3) is 44.6 Å². The molecule has 246 valence electrons. The van der Waals surface area contributed by atoms with Gasteiger partial charge in [-0.1, -0.05) is 19.1 Å². The summed E-state index contributed by atoms with van der Waals surface area (Å²) in [5.74, 6) is 4.18. The molecule has 4 aliphatic rings. The maximum absolute atomic E-state index is 13.8. The van der Waals surface area contributed by atoms with Crippen LogP contribution in [0.3, 0.4) is 0 Å². The summed E-state index contributed by atoms with van der Waals surface area (Å²) in [6.07, 6.45) is 5.96. The number of rotatable bonds is 7. The molecule has 2 aliphatic carbocycles. The van der Waals surface area contributed by atoms with Crippen LogP contribution in [0.2, 0.25) is 0 Å². The Morgan fingerprint density at radius 1 is 0.979 bits per heavy atom. The van der Waals surface area contributed by atoms with Crippen molar-refractivity contribution in [3.63, 3.8) is 0 Å². The van der Waals surface area contributed by atoms with Gasteiger partial charge in [-0.3, -0.25) is 9.59 Å². The Labute approximate surface area is 279 Å². The lowest BCUT2D eigenvalue weighted by Crippen LogP contribution is -2.38. The number of hydrogen-bond donors (Lipinski definition) is 1. The molecule has 2 saturated carbocycles. The van der Waals surface area contributed by atoms with E-state index < -0.39 is 0 Å². The molecule has 1 saturated heterocycles. The monoisotopic (exact) mass is 643 g/mol. The van der Waals surface area contributed by atoms with Crippen molar-refractivity contribution in [2.45, 2.75) is 58.0 Å². The van der Waals surface area contributed by atoms with Crippen molar-refractivity contribution in [1.82, 2.24) is 19.0 Å². The van der Waals surface area contributed by atoms with E-state index in [9.17, 15) is 9.59 Å². The van der Waals surface area contributed by atoms with Gasteiger partial charge in [0.2, 0.25) is 5.91 Å². The zero-order valence-electron chi connectivity index (χ0n) is 28.0. The molecule has 1 N–H and O–H groups in total. The Kier molecular flexibility index (Phi) is 6.65. The van der Waals surface area contributed by atoms with Gasteiger partial charge in [0.15, 0.2) is 5.82 Å². The van der Waals surface area contributed by atoms with Gasteiger partial charge in [0, 0.05) is 66.4 Å². The lowest BCUT2D eigenvalue weighted by Gasteiger charge is -2.27. The van der Waals surface area contributed by atoms with Crippen LogP contribution in [0.15, 0.2) is 48.5 Å². The molecule has 3 fully saturated rings. The number of amides is 2. The first kappa shape index (κ1) is 29.4. The van der Waals surface area contributed by atoms with Crippen molar-refractivity contribution in [3.8, 4) is 34.1 Å². The van der Waals surface area contributed by atoms with Gasteiger partial charge >= 0.3 is 0 Å². The summed E-state index contributed by atoms with van der Waals surface area (Å²) in [7, 11) is 5.39. The Morgan fingerprint density at radius 3 is 2.54 bits per heavy atom. The smallest absolute Gasteiger partial charge is 0.254 e. The molecule has 9 rings (SSSR count). The average molecular weight is 644 g/mol. The quantitative estimate of drug-likeness (QED) is 0.205. The number of carbonyl (C=O) groups is 2. The number of piperidine rings is 1. The summed E-state index contributed by atoms with van der Waals surface area (Å²) in [5.41, 5.74) is 8.53. The van der Waals surface area contributed by atoms with Gasteiger partial charge in [-0.15, -0.1) is 0 Å². The van der Waals surface area contributed by atoms with E-state index in [-0.39, 0.29) is 11.8 Å². The number of hydrogen-bond acceptors (Lipinski definition) is 5. The van der Waals surface area contributed by atoms with Crippen LogP contribution >= 0.6 is 0 Å². The first-order valence-corrected chi connectivity index (χ1v) is 17.3. The predicted molar refractivity (Wildman–Crippen MR) is 187 cm³/mol. The lowest BCUT2D eigenvalue weighted by atomic mass is 9.95. The number of aromatic nitrogens is 3. The third-order valence-corrected chi connectivity index (χ3v) is 11.6. The third kappa shape index (κ3) is 4.54. The summed E-state index contributed by atoms with van der Waals surface area (Å²) >= 11 is 0. The van der Waals surface area contributed by atoms with Gasteiger partial charge in [-0.2, -0.15) is 0 Å². The Balaban J connectivity index is 1.15. The Bertz CT molecular complexity index is 2160. The minimum absolute atomic E-state index is 0.0413. The van der Waals surface area contributed by atoms with Crippen LogP contribution in [0.1, 0.15) is 54.9 Å². The molecule has 48 heavy (non-hydrogen) atoms. The largest absolute Gasteiger partial charge is 0.496 e. The zero-order valence-corrected chi connectivity index (χ0v) is 28.0. The lowest BCUT2D eigenvalue weighted by molar-refractivity contribution is -0.116. The standard InChI is InChI=1S/C39H41N5O4/c1-21-26-9-11-31(21)44(20-26)39(46)27-14-30-37(35(17-27)48-4)42(2)38(41-30)33-16-25-8-7-23(15-32(25)43(33)19-22-5-6-22)28-13-24-10-12-36(45)40-29(24)18-34(28)47-3/h7-8,13-18,21-22,26,31H,5-6,9-12,19-20H2,1-4H3,(H,40,45)/t21-,26?,31?/m1/s1. The second-order valence-electron chi connectivity index (χ2n) is 14.4. The topological polar surface area (TPSA) is 90.6 Å². The van der Waals surface area contributed by atoms with E-state index in [1.807, 2.05) is 25.2 Å². The predicted octanol–water partition coefficient (Wildman–Crippen LogP) is 7.04. The van der Waals surface area contributed by atoms with Crippen LogP contribution in [0, 0.1) is 17.8 Å². The summed E-state index contributed by atoms with van der Waals surface area (Å²) in [6.45, 7) is 4.04. The van der Waals surface area contributed by atoms with Gasteiger partial charge < -0.3 is 28.8 Å². The van der Waals surface area contributed by atoms with Crippen LogP contribution in [0.5, 0.6) is 11.5 Å². The number of carbonyl (C=O) groups excluding carboxylic acids is 2. The summed E-state index contributed by atoms with van der Waals surface area (Å²) in [4.78, 5) is 33.2. The SMILES string of the molecule is COc1cc2c(cc1-c1ccc3cc(-c4nc5cc(C(=O)N6CC7CCC6[C@@H]7C)cc(OC)c5n4C)n(CC4CC4)c3c1)CCC(=O)N2. The first-order valence-electron chi connectivity index (χ1n) is 17.3. The highest BCUT2D eigenvalue weighted by Crippen LogP contribution is 2.44. The molecule has 2 aromatic heterocycles. The van der Waals surface area contributed by atoms with Gasteiger partial charge in [0.1, 0.15) is 17.0 Å². The molecule has 2 amide bonds. The summed E-state index contributed by atoms with van der Waals surface area (Å²) in [5, 5.41) is 4.14. The van der Waals surface area contributed by atoms with Gasteiger partial charge in [0.05, 0.1) is 25.4 Å². The van der Waals surface area contributed by atoms with E-state index in [1.54, 1.807) is 14.2 Å². The molecule has 4 heterocycles. The van der Waals surface area contributed by atoms with Crippen molar-refractivity contribution in [2.75, 3.05) is 26.1 Å². The highest BCUT2D eigenvalue weighted by atomic mass is 16.5. The number of nitrogens with one attached hydrogen (secondary N) is 1. The number of likely N-dealkylation sites (tertiary alicyclic amines) is 1. The zero-order chi connectivity index (χ0) is 32.8. The van der Waals surface area contributed by atoms with E-state index in [1.165, 1.54) is 19.3 Å². The second-order valence-corrected chi connectivity index (χ2v) is 14.4. The van der Waals surface area contributed by atoms with E-state index >= 15 is 0 Å². The number of fused-ring (bicyclic) bond motifs is 5. The van der Waals surface area contributed by atoms with Crippen LogP contribution < -0.4 is 14.8 Å². The first-order chi connectivity index (χ1) is 23.3. The molecule has 0 radical (unpaired) electrons. The Morgan fingerprint density at radius 2 is 1.81 bits per heavy atom. The average Bonchev–Trinajstić information content (AvgIpc) is 3.50. The summed E-state index contributed by atoms with van der Waals surface area (Å²) < 4.78 is 16.3.